The van der Waals surface area contributed by atoms with Crippen LogP contribution in [-0.4, -0.2) is 76.6 Å². The number of amides is 1. The fraction of sp³-hybridized carbons (Fsp3) is 0.613. The summed E-state index contributed by atoms with van der Waals surface area (Å²) >= 11 is 6.12. The molecule has 0 radical (unpaired) electrons. The number of piperidine rings is 1. The molecule has 41 heavy (non-hydrogen) atoms. The molecule has 0 unspecified atom stereocenters. The number of anilines is 1. The van der Waals surface area contributed by atoms with Gasteiger partial charge in [-0.05, 0) is 107 Å². The fourth-order valence-corrected chi connectivity index (χ4v) is 7.22. The van der Waals surface area contributed by atoms with Gasteiger partial charge in [0.2, 0.25) is 0 Å². The highest BCUT2D eigenvalue weighted by Gasteiger charge is 2.41. The summed E-state index contributed by atoms with van der Waals surface area (Å²) in [5, 5.41) is 31.0. The van der Waals surface area contributed by atoms with Gasteiger partial charge in [-0.1, -0.05) is 11.6 Å². The van der Waals surface area contributed by atoms with Crippen LogP contribution in [0.3, 0.4) is 0 Å². The number of likely N-dealkylation sites (tertiary alicyclic amines) is 1. The number of aliphatic hydroxyl groups is 1. The molecule has 1 amide bonds. The minimum absolute atomic E-state index is 0.0546. The lowest BCUT2D eigenvalue weighted by Gasteiger charge is -2.51. The largest absolute Gasteiger partial charge is 0.490 e. The Labute approximate surface area is 246 Å². The smallest absolute Gasteiger partial charge is 0.272 e. The van der Waals surface area contributed by atoms with Crippen LogP contribution in [0.25, 0.3) is 0 Å². The fourth-order valence-electron chi connectivity index (χ4n) is 7.00. The lowest BCUT2D eigenvalue weighted by molar-refractivity contribution is 0.00269. The molecule has 10 heteroatoms. The number of carbonyl (C=O) groups excluding carboxylic acids is 1. The normalized spacial score (nSPS) is 25.3. The highest BCUT2D eigenvalue weighted by atomic mass is 35.5. The van der Waals surface area contributed by atoms with Crippen LogP contribution in [-0.2, 0) is 0 Å². The predicted octanol–water partition coefficient (Wildman–Crippen LogP) is 4.33. The molecular weight excluding hydrogens is 540 g/mol. The van der Waals surface area contributed by atoms with E-state index in [9.17, 15) is 9.90 Å². The van der Waals surface area contributed by atoms with Crippen LogP contribution in [0, 0.1) is 16.7 Å². The summed E-state index contributed by atoms with van der Waals surface area (Å²) in [7, 11) is 0. The number of nitriles is 1. The molecule has 6 rings (SSSR count). The van der Waals surface area contributed by atoms with E-state index >= 15 is 0 Å². The quantitative estimate of drug-likeness (QED) is 0.521. The maximum Gasteiger partial charge on any atom is 0.272 e. The molecule has 2 aliphatic heterocycles. The zero-order chi connectivity index (χ0) is 28.4. The first-order valence-corrected chi connectivity index (χ1v) is 15.5. The SMILES string of the molecule is N#Cc1ccc(OC2CCC(NC(=O)c3ccc(N4CC(N5CCC6(CCC(O)CC6)CC5)C4)nn3)CC2)cc1Cl. The molecular formula is C31H39ClN6O3. The Balaban J connectivity index is 0.916. The molecule has 2 aliphatic carbocycles. The monoisotopic (exact) mass is 578 g/mol. The van der Waals surface area contributed by atoms with E-state index in [0.717, 1.165) is 70.5 Å². The van der Waals surface area contributed by atoms with Gasteiger partial charge in [-0.15, -0.1) is 10.2 Å². The molecule has 2 saturated carbocycles. The number of aromatic nitrogens is 2. The molecule has 0 bridgehead atoms. The molecule has 4 aliphatic rings. The Morgan fingerprint density at radius 3 is 2.39 bits per heavy atom. The summed E-state index contributed by atoms with van der Waals surface area (Å²) in [6.07, 6.45) is 10.1. The van der Waals surface area contributed by atoms with Gasteiger partial charge in [-0.25, -0.2) is 0 Å². The Kier molecular flexibility index (Phi) is 8.34. The highest BCUT2D eigenvalue weighted by molar-refractivity contribution is 6.31. The summed E-state index contributed by atoms with van der Waals surface area (Å²) in [6.45, 7) is 4.20. The van der Waals surface area contributed by atoms with Crippen molar-refractivity contribution in [2.24, 2.45) is 5.41 Å². The summed E-state index contributed by atoms with van der Waals surface area (Å²) in [5.41, 5.74) is 1.24. The van der Waals surface area contributed by atoms with Crippen molar-refractivity contribution in [1.82, 2.24) is 20.4 Å². The van der Waals surface area contributed by atoms with Crippen LogP contribution in [0.1, 0.15) is 80.3 Å². The first kappa shape index (κ1) is 28.2. The number of aliphatic hydroxyl groups excluding tert-OH is 1. The van der Waals surface area contributed by atoms with Crippen molar-refractivity contribution >= 4 is 23.3 Å². The highest BCUT2D eigenvalue weighted by Crippen LogP contribution is 2.45. The molecule has 9 nitrogen and oxygen atoms in total. The first-order chi connectivity index (χ1) is 19.9. The van der Waals surface area contributed by atoms with Gasteiger partial charge in [0, 0.05) is 31.2 Å². The second-order valence-corrected chi connectivity index (χ2v) is 12.8. The zero-order valence-electron chi connectivity index (χ0n) is 23.5. The van der Waals surface area contributed by atoms with Crippen molar-refractivity contribution in [2.45, 2.75) is 88.5 Å². The van der Waals surface area contributed by atoms with Gasteiger partial charge in [0.15, 0.2) is 11.5 Å². The molecule has 2 saturated heterocycles. The summed E-state index contributed by atoms with van der Waals surface area (Å²) in [4.78, 5) is 17.7. The topological polar surface area (TPSA) is 115 Å². The Morgan fingerprint density at radius 1 is 1.02 bits per heavy atom. The summed E-state index contributed by atoms with van der Waals surface area (Å²) < 4.78 is 6.06. The number of ether oxygens (including phenoxy) is 1. The number of halogens is 1. The molecule has 2 aromatic rings. The summed E-state index contributed by atoms with van der Waals surface area (Å²) in [5.74, 6) is 1.30. The molecule has 2 N–H and O–H groups in total. The number of carbonyl (C=O) groups is 1. The minimum atomic E-state index is -0.189. The molecule has 1 aromatic heterocycles. The Hall–Kier alpha value is -2.93. The number of hydrogen-bond acceptors (Lipinski definition) is 8. The van der Waals surface area contributed by atoms with Crippen molar-refractivity contribution < 1.29 is 14.6 Å². The van der Waals surface area contributed by atoms with E-state index < -0.39 is 0 Å². The van der Waals surface area contributed by atoms with Crippen molar-refractivity contribution in [1.29, 1.82) is 5.26 Å². The predicted molar refractivity (Wildman–Crippen MR) is 156 cm³/mol. The first-order valence-electron chi connectivity index (χ1n) is 15.1. The number of nitrogens with one attached hydrogen (secondary N) is 1. The second kappa shape index (κ2) is 12.1. The zero-order valence-corrected chi connectivity index (χ0v) is 24.2. The van der Waals surface area contributed by atoms with Crippen molar-refractivity contribution in [3.05, 3.63) is 46.6 Å². The van der Waals surface area contributed by atoms with E-state index in [-0.39, 0.29) is 24.2 Å². The van der Waals surface area contributed by atoms with Crippen LogP contribution in [0.15, 0.2) is 30.3 Å². The molecule has 218 valence electrons. The third kappa shape index (κ3) is 6.45. The molecule has 1 spiro atoms. The summed E-state index contributed by atoms with van der Waals surface area (Å²) in [6, 6.07) is 11.5. The average molecular weight is 579 g/mol. The van der Waals surface area contributed by atoms with Crippen LogP contribution in [0.2, 0.25) is 5.02 Å². The van der Waals surface area contributed by atoms with Crippen LogP contribution in [0.4, 0.5) is 5.82 Å². The van der Waals surface area contributed by atoms with Crippen LogP contribution < -0.4 is 15.0 Å². The minimum Gasteiger partial charge on any atom is -0.490 e. The average Bonchev–Trinajstić information content (AvgIpc) is 2.96. The molecule has 4 fully saturated rings. The molecule has 0 atom stereocenters. The van der Waals surface area contributed by atoms with E-state index in [4.69, 9.17) is 21.6 Å². The number of nitrogens with zero attached hydrogens (tertiary/aromatic N) is 5. The van der Waals surface area contributed by atoms with E-state index in [1.807, 2.05) is 6.07 Å². The van der Waals surface area contributed by atoms with Gasteiger partial charge in [-0.2, -0.15) is 5.26 Å². The Morgan fingerprint density at radius 2 is 1.76 bits per heavy atom. The van der Waals surface area contributed by atoms with Crippen molar-refractivity contribution in [3.63, 3.8) is 0 Å². The van der Waals surface area contributed by atoms with E-state index in [2.05, 4.69) is 31.4 Å². The lowest BCUT2D eigenvalue weighted by atomic mass is 9.67. The third-order valence-electron chi connectivity index (χ3n) is 9.83. The van der Waals surface area contributed by atoms with Gasteiger partial charge in [0.25, 0.3) is 5.91 Å². The van der Waals surface area contributed by atoms with Gasteiger partial charge < -0.3 is 20.1 Å². The van der Waals surface area contributed by atoms with Gasteiger partial charge in [-0.3, -0.25) is 9.69 Å². The standard InChI is InChI=1S/C31H39ClN6O3/c32-27-17-26(4-1-21(27)18-33)41-25-5-2-22(3-6-25)34-30(40)28-7-8-29(36-35-28)38-19-23(20-38)37-15-13-31(14-16-37)11-9-24(39)10-12-31/h1,4,7-8,17,22-25,39H,2-3,5-6,9-16,19-20H2,(H,34,40). The van der Waals surface area contributed by atoms with Crippen molar-refractivity contribution in [3.8, 4) is 11.8 Å². The second-order valence-electron chi connectivity index (χ2n) is 12.4. The van der Waals surface area contributed by atoms with Gasteiger partial charge in [0.1, 0.15) is 11.8 Å². The van der Waals surface area contributed by atoms with Crippen LogP contribution >= 0.6 is 11.6 Å². The molecule has 1 aromatic carbocycles. The third-order valence-corrected chi connectivity index (χ3v) is 10.1. The number of hydrogen-bond donors (Lipinski definition) is 2. The molecule has 3 heterocycles. The lowest BCUT2D eigenvalue weighted by Crippen LogP contribution is -2.62. The van der Waals surface area contributed by atoms with E-state index in [1.54, 1.807) is 24.3 Å². The Bertz CT molecular complexity index is 1250. The number of benzene rings is 1. The number of rotatable bonds is 6. The van der Waals surface area contributed by atoms with Crippen molar-refractivity contribution in [2.75, 3.05) is 31.1 Å². The maximum absolute atomic E-state index is 12.8. The van der Waals surface area contributed by atoms with E-state index in [1.165, 1.54) is 25.7 Å². The van der Waals surface area contributed by atoms with Gasteiger partial charge >= 0.3 is 0 Å². The maximum atomic E-state index is 12.8. The van der Waals surface area contributed by atoms with Gasteiger partial charge in [0.05, 0.1) is 22.8 Å². The van der Waals surface area contributed by atoms with Crippen LogP contribution in [0.5, 0.6) is 5.75 Å². The van der Waals surface area contributed by atoms with E-state index in [0.29, 0.717) is 33.5 Å².